The molecule has 1 aliphatic rings. The molecule has 0 atom stereocenters. The molecule has 0 unspecified atom stereocenters. The SMILES string of the molecule is COc1ccc(N2CC[NH+](Cn3nnn(-c4c(C)cccc4C)c3=S)CC2)cc1. The zero-order chi connectivity index (χ0) is 20.4. The maximum Gasteiger partial charge on any atom is 0.225 e. The molecule has 7 nitrogen and oxygen atoms in total. The van der Waals surface area contributed by atoms with Gasteiger partial charge in [-0.15, -0.1) is 0 Å². The first kappa shape index (κ1) is 19.6. The van der Waals surface area contributed by atoms with E-state index < -0.39 is 0 Å². The van der Waals surface area contributed by atoms with E-state index in [1.807, 2.05) is 16.8 Å². The molecule has 29 heavy (non-hydrogen) atoms. The predicted octanol–water partition coefficient (Wildman–Crippen LogP) is 1.79. The Kier molecular flexibility index (Phi) is 5.64. The molecule has 0 amide bonds. The van der Waals surface area contributed by atoms with Gasteiger partial charge in [0.15, 0.2) is 6.67 Å². The van der Waals surface area contributed by atoms with Crippen LogP contribution in [0.15, 0.2) is 42.5 Å². The van der Waals surface area contributed by atoms with Gasteiger partial charge in [-0.05, 0) is 71.9 Å². The van der Waals surface area contributed by atoms with Crippen molar-refractivity contribution in [1.29, 1.82) is 0 Å². The lowest BCUT2D eigenvalue weighted by Crippen LogP contribution is -3.14. The van der Waals surface area contributed by atoms with E-state index >= 15 is 0 Å². The van der Waals surface area contributed by atoms with Crippen molar-refractivity contribution in [2.75, 3.05) is 38.2 Å². The number of hydrogen-bond acceptors (Lipinski definition) is 5. The van der Waals surface area contributed by atoms with Crippen molar-refractivity contribution in [2.24, 2.45) is 0 Å². The van der Waals surface area contributed by atoms with E-state index in [0.29, 0.717) is 4.77 Å². The van der Waals surface area contributed by atoms with Crippen molar-refractivity contribution < 1.29 is 9.64 Å². The molecule has 1 fully saturated rings. The standard InChI is InChI=1S/C21H26N6OS/c1-16-5-4-6-17(2)20(16)27-21(29)26(22-23-27)15-24-11-13-25(14-12-24)18-7-9-19(28-3)10-8-18/h4-10H,11-15H2,1-3H3/p+1. The molecule has 152 valence electrons. The number of aromatic nitrogens is 4. The molecule has 1 N–H and O–H groups in total. The number of piperazine rings is 1. The number of nitrogens with one attached hydrogen (secondary N) is 1. The van der Waals surface area contributed by atoms with Crippen LogP contribution >= 0.6 is 12.2 Å². The van der Waals surface area contributed by atoms with Gasteiger partial charge in [0.1, 0.15) is 5.75 Å². The van der Waals surface area contributed by atoms with E-state index in [0.717, 1.165) is 55.4 Å². The largest absolute Gasteiger partial charge is 0.497 e. The topological polar surface area (TPSA) is 52.6 Å². The predicted molar refractivity (Wildman–Crippen MR) is 116 cm³/mol. The van der Waals surface area contributed by atoms with Crippen LogP contribution < -0.4 is 14.5 Å². The number of aryl methyl sites for hydroxylation is 2. The van der Waals surface area contributed by atoms with Crippen LogP contribution in [0.4, 0.5) is 5.69 Å². The van der Waals surface area contributed by atoms with Crippen molar-refractivity contribution in [1.82, 2.24) is 19.8 Å². The Morgan fingerprint density at radius 3 is 2.28 bits per heavy atom. The lowest BCUT2D eigenvalue weighted by molar-refractivity contribution is -0.924. The molecule has 1 aliphatic heterocycles. The van der Waals surface area contributed by atoms with Gasteiger partial charge in [-0.2, -0.15) is 9.36 Å². The molecule has 0 aliphatic carbocycles. The number of hydrogen-bond donors (Lipinski definition) is 1. The lowest BCUT2D eigenvalue weighted by atomic mass is 10.1. The van der Waals surface area contributed by atoms with E-state index in [-0.39, 0.29) is 0 Å². The maximum atomic E-state index is 5.68. The fraction of sp³-hybridized carbons (Fsp3) is 0.381. The Bertz CT molecular complexity index is 1010. The molecule has 4 rings (SSSR count). The summed E-state index contributed by atoms with van der Waals surface area (Å²) in [4.78, 5) is 3.87. The first-order valence-corrected chi connectivity index (χ1v) is 10.3. The molecular weight excluding hydrogens is 384 g/mol. The van der Waals surface area contributed by atoms with Crippen LogP contribution in [-0.4, -0.2) is 53.1 Å². The van der Waals surface area contributed by atoms with E-state index in [2.05, 4.69) is 59.5 Å². The van der Waals surface area contributed by atoms with Crippen LogP contribution in [0.2, 0.25) is 0 Å². The minimum atomic E-state index is 0.646. The Morgan fingerprint density at radius 1 is 1.00 bits per heavy atom. The molecule has 0 saturated carbocycles. The van der Waals surface area contributed by atoms with Gasteiger partial charge in [0.05, 0.1) is 39.0 Å². The summed E-state index contributed by atoms with van der Waals surface area (Å²) < 4.78 is 9.53. The second-order valence-corrected chi connectivity index (χ2v) is 7.87. The normalized spacial score (nSPS) is 14.9. The molecule has 0 bridgehead atoms. The van der Waals surface area contributed by atoms with Crippen LogP contribution in [-0.2, 0) is 6.67 Å². The van der Waals surface area contributed by atoms with Gasteiger partial charge in [0.2, 0.25) is 4.77 Å². The van der Waals surface area contributed by atoms with E-state index in [1.54, 1.807) is 11.8 Å². The number of rotatable bonds is 5. The summed E-state index contributed by atoms with van der Waals surface area (Å²) in [6.45, 7) is 8.95. The van der Waals surface area contributed by atoms with Crippen LogP contribution in [0.5, 0.6) is 5.75 Å². The first-order valence-electron chi connectivity index (χ1n) is 9.89. The molecule has 2 heterocycles. The summed E-state index contributed by atoms with van der Waals surface area (Å²) in [6, 6.07) is 14.5. The minimum Gasteiger partial charge on any atom is -0.497 e. The fourth-order valence-electron chi connectivity index (χ4n) is 3.90. The van der Waals surface area contributed by atoms with E-state index in [4.69, 9.17) is 17.0 Å². The summed E-state index contributed by atoms with van der Waals surface area (Å²) in [6.07, 6.45) is 0. The quantitative estimate of drug-likeness (QED) is 0.649. The monoisotopic (exact) mass is 411 g/mol. The maximum absolute atomic E-state index is 5.68. The highest BCUT2D eigenvalue weighted by molar-refractivity contribution is 7.71. The Morgan fingerprint density at radius 2 is 1.66 bits per heavy atom. The highest BCUT2D eigenvalue weighted by atomic mass is 32.1. The third-order valence-electron chi connectivity index (χ3n) is 5.57. The summed E-state index contributed by atoms with van der Waals surface area (Å²) in [5, 5.41) is 8.68. The summed E-state index contributed by atoms with van der Waals surface area (Å²) in [5.41, 5.74) is 4.56. The summed E-state index contributed by atoms with van der Waals surface area (Å²) in [5.74, 6) is 0.888. The minimum absolute atomic E-state index is 0.646. The van der Waals surface area contributed by atoms with Gasteiger partial charge in [0, 0.05) is 5.69 Å². The second-order valence-electron chi connectivity index (χ2n) is 7.51. The average Bonchev–Trinajstić information content (AvgIpc) is 3.09. The highest BCUT2D eigenvalue weighted by Gasteiger charge is 2.22. The van der Waals surface area contributed by atoms with Gasteiger partial charge in [0.25, 0.3) is 0 Å². The first-order chi connectivity index (χ1) is 14.1. The summed E-state index contributed by atoms with van der Waals surface area (Å²) >= 11 is 5.68. The molecule has 0 radical (unpaired) electrons. The second kappa shape index (κ2) is 8.34. The third kappa shape index (κ3) is 4.04. The highest BCUT2D eigenvalue weighted by Crippen LogP contribution is 2.19. The number of tetrazole rings is 1. The number of quaternary nitrogens is 1. The number of para-hydroxylation sites is 1. The van der Waals surface area contributed by atoms with Gasteiger partial charge in [-0.1, -0.05) is 18.2 Å². The molecule has 8 heteroatoms. The number of anilines is 1. The Labute approximate surface area is 176 Å². The third-order valence-corrected chi connectivity index (χ3v) is 5.96. The smallest absolute Gasteiger partial charge is 0.225 e. The fourth-order valence-corrected chi connectivity index (χ4v) is 4.13. The van der Waals surface area contributed by atoms with E-state index in [1.165, 1.54) is 10.6 Å². The zero-order valence-corrected chi connectivity index (χ0v) is 17.9. The van der Waals surface area contributed by atoms with Crippen molar-refractivity contribution in [3.63, 3.8) is 0 Å². The molecule has 1 aromatic heterocycles. The van der Waals surface area contributed by atoms with Crippen LogP contribution in [0.25, 0.3) is 5.69 Å². The molecule has 3 aromatic rings. The molecule has 0 spiro atoms. The van der Waals surface area contributed by atoms with Crippen molar-refractivity contribution in [3.8, 4) is 11.4 Å². The average molecular weight is 412 g/mol. The van der Waals surface area contributed by atoms with Crippen LogP contribution in [0.3, 0.4) is 0 Å². The Hall–Kier alpha value is -2.71. The van der Waals surface area contributed by atoms with Crippen LogP contribution in [0.1, 0.15) is 11.1 Å². The number of benzene rings is 2. The van der Waals surface area contributed by atoms with Gasteiger partial charge < -0.3 is 14.5 Å². The van der Waals surface area contributed by atoms with Crippen molar-refractivity contribution in [3.05, 3.63) is 58.4 Å². The molecule has 1 saturated heterocycles. The van der Waals surface area contributed by atoms with Crippen molar-refractivity contribution >= 4 is 17.9 Å². The van der Waals surface area contributed by atoms with Crippen LogP contribution in [0, 0.1) is 18.6 Å². The summed E-state index contributed by atoms with van der Waals surface area (Å²) in [7, 11) is 1.69. The molecular formula is C21H27N6OS+. The lowest BCUT2D eigenvalue weighted by Gasteiger charge is -2.33. The van der Waals surface area contributed by atoms with E-state index in [9.17, 15) is 0 Å². The zero-order valence-electron chi connectivity index (χ0n) is 17.1. The van der Waals surface area contributed by atoms with Gasteiger partial charge in [-0.3, -0.25) is 0 Å². The number of ether oxygens (including phenoxy) is 1. The van der Waals surface area contributed by atoms with Gasteiger partial charge >= 0.3 is 0 Å². The molecule has 2 aromatic carbocycles. The van der Waals surface area contributed by atoms with Gasteiger partial charge in [-0.25, -0.2) is 0 Å². The number of methoxy groups -OCH3 is 1. The number of nitrogens with zero attached hydrogens (tertiary/aromatic N) is 5. The van der Waals surface area contributed by atoms with Crippen molar-refractivity contribution in [2.45, 2.75) is 20.5 Å². The Balaban J connectivity index is 1.42.